The largest absolute Gasteiger partial charge is 0.475 e. The fourth-order valence-electron chi connectivity index (χ4n) is 3.43. The summed E-state index contributed by atoms with van der Waals surface area (Å²) in [5.74, 6) is -4.55. The maximum atomic E-state index is 13.8. The van der Waals surface area contributed by atoms with Crippen LogP contribution in [0.15, 0.2) is 65.6 Å². The lowest BCUT2D eigenvalue weighted by atomic mass is 10.0. The molecule has 0 fully saturated rings. The molecule has 0 saturated carbocycles. The molecule has 1 unspecified atom stereocenters. The lowest BCUT2D eigenvalue weighted by molar-refractivity contribution is -0.126. The van der Waals surface area contributed by atoms with E-state index in [-0.39, 0.29) is 23.9 Å². The van der Waals surface area contributed by atoms with Crippen LogP contribution in [-0.4, -0.2) is 21.1 Å². The van der Waals surface area contributed by atoms with Gasteiger partial charge in [-0.1, -0.05) is 62.8 Å². The molecule has 1 aliphatic rings. The van der Waals surface area contributed by atoms with Crippen molar-refractivity contribution >= 4 is 15.9 Å². The van der Waals surface area contributed by atoms with Crippen LogP contribution in [0.5, 0.6) is 17.2 Å². The van der Waals surface area contributed by atoms with Crippen LogP contribution in [0.2, 0.25) is 0 Å². The number of fused-ring (bicyclic) bond motifs is 1. The predicted molar refractivity (Wildman–Crippen MR) is 137 cm³/mol. The van der Waals surface area contributed by atoms with Gasteiger partial charge in [0.2, 0.25) is 12.9 Å². The molecule has 0 saturated heterocycles. The molecule has 1 N–H and O–H groups in total. The molecule has 3 aromatic rings. The smallest absolute Gasteiger partial charge is 0.279 e. The first-order chi connectivity index (χ1) is 22.6. The lowest BCUT2D eigenvalue weighted by Gasteiger charge is -2.21. The number of carbonyl (C=O) groups excluding carboxylic acids is 1. The van der Waals surface area contributed by atoms with E-state index in [0.29, 0.717) is 5.56 Å². The first kappa shape index (κ1) is 13.1. The van der Waals surface area contributed by atoms with Crippen molar-refractivity contribution in [3.63, 3.8) is 0 Å². The molecule has 36 heavy (non-hydrogen) atoms. The summed E-state index contributed by atoms with van der Waals surface area (Å²) in [5.41, 5.74) is -0.792. The quantitative estimate of drug-likeness (QED) is 0.402. The fraction of sp³-hybridized carbons (Fsp3) is 0.321. The second kappa shape index (κ2) is 10.6. The van der Waals surface area contributed by atoms with E-state index in [0.717, 1.165) is 30.3 Å². The second-order valence-electron chi connectivity index (χ2n) is 7.73. The third-order valence-electron chi connectivity index (χ3n) is 5.20. The summed E-state index contributed by atoms with van der Waals surface area (Å²) in [5, 5.41) is 0. The van der Waals surface area contributed by atoms with E-state index >= 15 is 0 Å². The highest BCUT2D eigenvalue weighted by molar-refractivity contribution is 7.90. The zero-order valence-electron chi connectivity index (χ0n) is 32.9. The molecule has 4 rings (SSSR count). The van der Waals surface area contributed by atoms with E-state index in [1.807, 2.05) is 4.72 Å². The van der Waals surface area contributed by atoms with Gasteiger partial charge in [-0.15, -0.1) is 0 Å². The number of nitrogens with one attached hydrogen (secondary N) is 1. The number of benzene rings is 3. The van der Waals surface area contributed by atoms with Gasteiger partial charge in [0.15, 0.2) is 11.5 Å². The van der Waals surface area contributed by atoms with Gasteiger partial charge < -0.3 is 14.2 Å². The Bertz CT molecular complexity index is 1860. The minimum atomic E-state index is -4.82. The van der Waals surface area contributed by atoms with Crippen molar-refractivity contribution in [3.05, 3.63) is 82.9 Å². The SMILES string of the molecule is [2H]C([2H])([2H])C([2H])([2H])C([2H])([2H])c1cc(C)ccc1OC(C(=O)NS(=O)(=O)c1ccc(C([2H])(C([2H])([2H])[2H])C([2H])([2H])[2H])cc1)c1ccc2c(c1)OCO2. The maximum Gasteiger partial charge on any atom is 0.279 e. The first-order valence-electron chi connectivity index (χ1n) is 17.5. The number of ether oxygens (including phenoxy) is 3. The Morgan fingerprint density at radius 3 is 2.58 bits per heavy atom. The number of carbonyl (C=O) groups is 1. The van der Waals surface area contributed by atoms with E-state index in [1.165, 1.54) is 37.3 Å². The number of hydrogen-bond acceptors (Lipinski definition) is 6. The van der Waals surface area contributed by atoms with Gasteiger partial charge in [-0.05, 0) is 60.6 Å². The average molecular weight is 524 g/mol. The zero-order valence-corrected chi connectivity index (χ0v) is 19.7. The number of hydrogen-bond donors (Lipinski definition) is 1. The first-order valence-corrected chi connectivity index (χ1v) is 12.0. The molecule has 3 aromatic carbocycles. The summed E-state index contributed by atoms with van der Waals surface area (Å²) in [6.07, 6.45) is -8.63. The molecule has 7 nitrogen and oxygen atoms in total. The summed E-state index contributed by atoms with van der Waals surface area (Å²) in [4.78, 5) is 13.2. The molecule has 1 aliphatic heterocycles. The molecule has 0 spiro atoms. The van der Waals surface area contributed by atoms with Gasteiger partial charge in [-0.3, -0.25) is 4.79 Å². The number of amides is 1. The normalized spacial score (nSPS) is 21.4. The summed E-state index contributed by atoms with van der Waals surface area (Å²) < 4.78 is 156. The van der Waals surface area contributed by atoms with Gasteiger partial charge in [-0.25, -0.2) is 13.1 Å². The highest BCUT2D eigenvalue weighted by atomic mass is 32.2. The molecule has 1 atom stereocenters. The highest BCUT2D eigenvalue weighted by Crippen LogP contribution is 2.36. The van der Waals surface area contributed by atoms with Gasteiger partial charge in [0, 0.05) is 24.8 Å². The number of sulfonamides is 1. The predicted octanol–water partition coefficient (Wildman–Crippen LogP) is 5.42. The Morgan fingerprint density at radius 2 is 1.83 bits per heavy atom. The molecule has 0 radical (unpaired) electrons. The van der Waals surface area contributed by atoms with Gasteiger partial charge in [0.05, 0.1) is 4.90 Å². The third-order valence-corrected chi connectivity index (χ3v) is 6.57. The van der Waals surface area contributed by atoms with Crippen LogP contribution in [-0.2, 0) is 21.2 Å². The number of aryl methyl sites for hydroxylation is 2. The molecule has 1 amide bonds. The van der Waals surface area contributed by atoms with E-state index in [9.17, 15) is 13.2 Å². The Hall–Kier alpha value is -3.52. The molecular formula is C28H31NO6S. The third kappa shape index (κ3) is 5.65. The molecule has 0 bridgehead atoms. The van der Waals surface area contributed by atoms with Crippen molar-refractivity contribution in [3.8, 4) is 17.2 Å². The van der Waals surface area contributed by atoms with Crippen LogP contribution in [0.25, 0.3) is 0 Å². The van der Waals surface area contributed by atoms with Crippen molar-refractivity contribution in [1.29, 1.82) is 0 Å². The summed E-state index contributed by atoms with van der Waals surface area (Å²) >= 11 is 0. The minimum Gasteiger partial charge on any atom is -0.475 e. The molecule has 1 heterocycles. The van der Waals surface area contributed by atoms with Gasteiger partial charge >= 0.3 is 0 Å². The Morgan fingerprint density at radius 1 is 1.08 bits per heavy atom. The van der Waals surface area contributed by atoms with Crippen molar-refractivity contribution in [1.82, 2.24) is 4.72 Å². The summed E-state index contributed by atoms with van der Waals surface area (Å²) in [6.45, 7) is -8.77. The Balaban J connectivity index is 1.77. The van der Waals surface area contributed by atoms with Gasteiger partial charge in [0.1, 0.15) is 5.75 Å². The van der Waals surface area contributed by atoms with Crippen LogP contribution in [0.4, 0.5) is 0 Å². The Kier molecular flexibility index (Phi) is 3.88. The lowest BCUT2D eigenvalue weighted by Crippen LogP contribution is -2.37. The molecule has 190 valence electrons. The fourth-order valence-corrected chi connectivity index (χ4v) is 4.42. The van der Waals surface area contributed by atoms with Crippen molar-refractivity contribution in [2.24, 2.45) is 0 Å². The standard InChI is InChI=1S/C28H31NO6S/c1-5-6-21-15-19(4)7-13-24(21)35-27(22-10-14-25-26(16-22)34-17-33-25)28(30)29-36(31,32)23-11-8-20(9-12-23)18(2)3/h7-16,18,27H,5-6,17H2,1-4H3,(H,29,30)/i1D3,2D3,3D3,5D2,6D2,18D. The second-order valence-corrected chi connectivity index (χ2v) is 9.41. The average Bonchev–Trinajstić information content (AvgIpc) is 3.46. The zero-order chi connectivity index (χ0) is 37.9. The minimum absolute atomic E-state index is 0.0439. The monoisotopic (exact) mass is 523 g/mol. The van der Waals surface area contributed by atoms with Gasteiger partial charge in [0.25, 0.3) is 15.9 Å². The summed E-state index contributed by atoms with van der Waals surface area (Å²) in [6, 6.07) is 11.0. The van der Waals surface area contributed by atoms with E-state index < -0.39 is 83.0 Å². The Labute approximate surface area is 232 Å². The topological polar surface area (TPSA) is 90.9 Å². The van der Waals surface area contributed by atoms with E-state index in [2.05, 4.69) is 0 Å². The molecule has 8 heteroatoms. The molecule has 0 aliphatic carbocycles. The van der Waals surface area contributed by atoms with Crippen molar-refractivity contribution in [2.45, 2.75) is 57.1 Å². The molecule has 0 aromatic heterocycles. The summed E-state index contributed by atoms with van der Waals surface area (Å²) in [7, 11) is -4.82. The molecular weight excluding hydrogens is 478 g/mol. The maximum absolute atomic E-state index is 13.8. The number of rotatable bonds is 9. The van der Waals surface area contributed by atoms with Crippen LogP contribution < -0.4 is 18.9 Å². The van der Waals surface area contributed by atoms with Gasteiger partial charge in [-0.2, -0.15) is 0 Å². The van der Waals surface area contributed by atoms with Crippen molar-refractivity contribution in [2.75, 3.05) is 6.79 Å². The highest BCUT2D eigenvalue weighted by Gasteiger charge is 2.30. The van der Waals surface area contributed by atoms with E-state index in [1.54, 1.807) is 0 Å². The van der Waals surface area contributed by atoms with Crippen molar-refractivity contribution < 1.29 is 46.6 Å². The van der Waals surface area contributed by atoms with Crippen LogP contribution >= 0.6 is 0 Å². The van der Waals surface area contributed by atoms with Crippen LogP contribution in [0, 0.1) is 6.92 Å². The van der Waals surface area contributed by atoms with E-state index in [4.69, 9.17) is 33.4 Å². The van der Waals surface area contributed by atoms with Crippen LogP contribution in [0.1, 0.15) is 80.4 Å². The van der Waals surface area contributed by atoms with Crippen LogP contribution in [0.3, 0.4) is 0 Å².